The normalized spacial score (nSPS) is 19.2. The highest BCUT2D eigenvalue weighted by Crippen LogP contribution is 2.33. The molecule has 2 amide bonds. The summed E-state index contributed by atoms with van der Waals surface area (Å²) in [7, 11) is 0. The minimum absolute atomic E-state index is 0.0346. The summed E-state index contributed by atoms with van der Waals surface area (Å²) in [6.07, 6.45) is -4.20. The molecule has 6 nitrogen and oxygen atoms in total. The van der Waals surface area contributed by atoms with Crippen molar-refractivity contribution in [3.63, 3.8) is 0 Å². The molecule has 1 aromatic heterocycles. The van der Waals surface area contributed by atoms with E-state index in [9.17, 15) is 22.8 Å². The number of hydrogen-bond donors (Lipinski definition) is 1. The molecule has 2 rings (SSSR count). The van der Waals surface area contributed by atoms with Gasteiger partial charge in [-0.25, -0.2) is 0 Å². The lowest BCUT2D eigenvalue weighted by Gasteiger charge is -2.33. The van der Waals surface area contributed by atoms with Gasteiger partial charge in [0, 0.05) is 24.6 Å². The molecule has 0 aromatic carbocycles. The fourth-order valence-corrected chi connectivity index (χ4v) is 2.43. The highest BCUT2D eigenvalue weighted by Gasteiger charge is 2.43. The molecular formula is C15H20F3N3O3. The number of amides is 2. The van der Waals surface area contributed by atoms with Gasteiger partial charge in [-0.1, -0.05) is 25.9 Å². The lowest BCUT2D eigenvalue weighted by molar-refractivity contribution is -0.188. The van der Waals surface area contributed by atoms with Gasteiger partial charge in [0.2, 0.25) is 0 Å². The zero-order valence-corrected chi connectivity index (χ0v) is 13.7. The van der Waals surface area contributed by atoms with E-state index in [2.05, 4.69) is 10.5 Å². The van der Waals surface area contributed by atoms with Crippen molar-refractivity contribution in [2.45, 2.75) is 45.2 Å². The largest absolute Gasteiger partial charge is 0.393 e. The Kier molecular flexibility index (Phi) is 4.91. The van der Waals surface area contributed by atoms with Gasteiger partial charge in [0.05, 0.1) is 5.92 Å². The van der Waals surface area contributed by atoms with E-state index in [0.29, 0.717) is 5.76 Å². The lowest BCUT2D eigenvalue weighted by atomic mass is 9.93. The average molecular weight is 347 g/mol. The molecule has 1 atom stereocenters. The number of carbonyl (C=O) groups excluding carboxylic acids is 2. The maximum atomic E-state index is 12.8. The van der Waals surface area contributed by atoms with E-state index in [1.807, 2.05) is 20.8 Å². The number of likely N-dealkylation sites (tertiary alicyclic amines) is 1. The topological polar surface area (TPSA) is 75.4 Å². The zero-order chi connectivity index (χ0) is 18.1. The second-order valence-electron chi connectivity index (χ2n) is 6.91. The van der Waals surface area contributed by atoms with Crippen LogP contribution in [0.1, 0.15) is 39.4 Å². The number of carbonyl (C=O) groups is 2. The monoisotopic (exact) mass is 347 g/mol. The molecule has 134 valence electrons. The first-order valence-electron chi connectivity index (χ1n) is 7.62. The minimum atomic E-state index is -4.37. The van der Waals surface area contributed by atoms with Crippen LogP contribution in [0.15, 0.2) is 10.6 Å². The number of nitrogens with zero attached hydrogens (tertiary/aromatic N) is 2. The Morgan fingerprint density at radius 1 is 1.33 bits per heavy atom. The maximum Gasteiger partial charge on any atom is 0.393 e. The third-order valence-electron chi connectivity index (χ3n) is 3.86. The van der Waals surface area contributed by atoms with Crippen molar-refractivity contribution in [2.75, 3.05) is 18.4 Å². The molecular weight excluding hydrogens is 327 g/mol. The molecule has 0 saturated carbocycles. The van der Waals surface area contributed by atoms with Crippen LogP contribution in [0.5, 0.6) is 0 Å². The van der Waals surface area contributed by atoms with Gasteiger partial charge < -0.3 is 9.42 Å². The third kappa shape index (κ3) is 4.27. The van der Waals surface area contributed by atoms with E-state index in [1.54, 1.807) is 0 Å². The van der Waals surface area contributed by atoms with Crippen molar-refractivity contribution in [3.05, 3.63) is 11.8 Å². The van der Waals surface area contributed by atoms with Gasteiger partial charge in [-0.3, -0.25) is 14.9 Å². The number of rotatable bonds is 1. The lowest BCUT2D eigenvalue weighted by Crippen LogP contribution is -2.48. The van der Waals surface area contributed by atoms with Gasteiger partial charge in [0.1, 0.15) is 5.76 Å². The highest BCUT2D eigenvalue weighted by molar-refractivity contribution is 6.39. The first kappa shape index (κ1) is 18.3. The molecule has 1 N–H and O–H groups in total. The van der Waals surface area contributed by atoms with Crippen LogP contribution in [0.4, 0.5) is 19.0 Å². The predicted molar refractivity (Wildman–Crippen MR) is 79.2 cm³/mol. The summed E-state index contributed by atoms with van der Waals surface area (Å²) in [6.45, 7) is 5.28. The minimum Gasteiger partial charge on any atom is -0.359 e. The van der Waals surface area contributed by atoms with E-state index in [0.717, 1.165) is 4.90 Å². The van der Waals surface area contributed by atoms with Gasteiger partial charge in [0.15, 0.2) is 5.82 Å². The molecule has 0 bridgehead atoms. The van der Waals surface area contributed by atoms with Crippen LogP contribution in [-0.4, -0.2) is 41.1 Å². The van der Waals surface area contributed by atoms with Crippen LogP contribution >= 0.6 is 0 Å². The second kappa shape index (κ2) is 6.45. The Balaban J connectivity index is 1.99. The van der Waals surface area contributed by atoms with Gasteiger partial charge >= 0.3 is 18.0 Å². The second-order valence-corrected chi connectivity index (χ2v) is 6.91. The molecule has 1 aliphatic heterocycles. The first-order chi connectivity index (χ1) is 11.0. The number of hydrogen-bond acceptors (Lipinski definition) is 4. The molecule has 2 heterocycles. The van der Waals surface area contributed by atoms with Gasteiger partial charge in [-0.05, 0) is 12.8 Å². The molecule has 24 heavy (non-hydrogen) atoms. The number of halogens is 3. The van der Waals surface area contributed by atoms with Crippen molar-refractivity contribution in [3.8, 4) is 0 Å². The van der Waals surface area contributed by atoms with E-state index < -0.39 is 30.5 Å². The zero-order valence-electron chi connectivity index (χ0n) is 13.7. The number of nitrogens with one attached hydrogen (secondary N) is 1. The van der Waals surface area contributed by atoms with Crippen LogP contribution in [0.25, 0.3) is 0 Å². The van der Waals surface area contributed by atoms with Crippen LogP contribution in [0.2, 0.25) is 0 Å². The summed E-state index contributed by atoms with van der Waals surface area (Å²) in [6, 6.07) is 1.49. The third-order valence-corrected chi connectivity index (χ3v) is 3.86. The number of anilines is 1. The molecule has 1 fully saturated rings. The van der Waals surface area contributed by atoms with Crippen LogP contribution in [0, 0.1) is 5.92 Å². The first-order valence-corrected chi connectivity index (χ1v) is 7.62. The molecule has 0 aliphatic carbocycles. The van der Waals surface area contributed by atoms with Crippen LogP contribution in [-0.2, 0) is 15.0 Å². The summed E-state index contributed by atoms with van der Waals surface area (Å²) >= 11 is 0. The number of alkyl halides is 3. The number of aromatic nitrogens is 1. The van der Waals surface area contributed by atoms with E-state index >= 15 is 0 Å². The van der Waals surface area contributed by atoms with Crippen molar-refractivity contribution in [2.24, 2.45) is 5.92 Å². The average Bonchev–Trinajstić information content (AvgIpc) is 2.94. The molecule has 0 spiro atoms. The summed E-state index contributed by atoms with van der Waals surface area (Å²) in [5, 5.41) is 5.92. The van der Waals surface area contributed by atoms with Gasteiger partial charge in [-0.15, -0.1) is 0 Å². The highest BCUT2D eigenvalue weighted by atomic mass is 19.4. The van der Waals surface area contributed by atoms with Crippen molar-refractivity contribution >= 4 is 17.6 Å². The molecule has 1 saturated heterocycles. The summed E-state index contributed by atoms with van der Waals surface area (Å²) in [4.78, 5) is 25.0. The fourth-order valence-electron chi connectivity index (χ4n) is 2.43. The van der Waals surface area contributed by atoms with E-state index in [1.165, 1.54) is 6.07 Å². The Bertz CT molecular complexity index is 619. The predicted octanol–water partition coefficient (Wildman–Crippen LogP) is 2.71. The molecule has 1 aliphatic rings. The van der Waals surface area contributed by atoms with E-state index in [4.69, 9.17) is 4.52 Å². The standard InChI is InChI=1S/C15H20F3N3O3/c1-14(2,3)10-7-11(20-24-10)19-12(22)13(23)21-6-4-5-9(8-21)15(16,17)18/h7,9H,4-6,8H2,1-3H3,(H,19,20,22)/t9-/m0/s1. The van der Waals surface area contributed by atoms with Gasteiger partial charge in [-0.2, -0.15) is 13.2 Å². The summed E-state index contributed by atoms with van der Waals surface area (Å²) in [5.74, 6) is -3.04. The molecule has 0 radical (unpaired) electrons. The Labute approximate surface area is 137 Å². The smallest absolute Gasteiger partial charge is 0.359 e. The summed E-state index contributed by atoms with van der Waals surface area (Å²) in [5.41, 5.74) is -0.327. The van der Waals surface area contributed by atoms with Crippen molar-refractivity contribution in [1.29, 1.82) is 0 Å². The molecule has 1 aromatic rings. The summed E-state index contributed by atoms with van der Waals surface area (Å²) < 4.78 is 43.4. The Morgan fingerprint density at radius 2 is 2.00 bits per heavy atom. The van der Waals surface area contributed by atoms with Gasteiger partial charge in [0.25, 0.3) is 0 Å². The van der Waals surface area contributed by atoms with Crippen molar-refractivity contribution in [1.82, 2.24) is 10.1 Å². The number of piperidine rings is 1. The fraction of sp³-hybridized carbons (Fsp3) is 0.667. The van der Waals surface area contributed by atoms with Crippen LogP contribution in [0.3, 0.4) is 0 Å². The maximum absolute atomic E-state index is 12.8. The Morgan fingerprint density at radius 3 is 2.54 bits per heavy atom. The van der Waals surface area contributed by atoms with E-state index in [-0.39, 0.29) is 30.6 Å². The molecule has 0 unspecified atom stereocenters. The SMILES string of the molecule is CC(C)(C)c1cc(NC(=O)C(=O)N2CCC[C@H](C(F)(F)F)C2)no1. The quantitative estimate of drug-likeness (QED) is 0.793. The van der Waals surface area contributed by atoms with Crippen LogP contribution < -0.4 is 5.32 Å². The van der Waals surface area contributed by atoms with Crippen molar-refractivity contribution < 1.29 is 27.3 Å². The molecule has 9 heteroatoms. The Hall–Kier alpha value is -2.06.